The van der Waals surface area contributed by atoms with Crippen LogP contribution < -0.4 is 15.6 Å². The molecule has 0 fully saturated rings. The summed E-state index contributed by atoms with van der Waals surface area (Å²) in [6, 6.07) is 14.2. The molecule has 1 aromatic heterocycles. The van der Waals surface area contributed by atoms with Crippen LogP contribution in [-0.4, -0.2) is 34.4 Å². The third kappa shape index (κ3) is 10.4. The molecule has 1 heterocycles. The molecule has 2 aromatic carbocycles. The van der Waals surface area contributed by atoms with Gasteiger partial charge in [0.05, 0.1) is 6.61 Å². The minimum atomic E-state index is -0.0468. The number of unbranched alkanes of at least 4 members (excludes halogenated alkanes) is 1. The first-order chi connectivity index (χ1) is 21.3. The van der Waals surface area contributed by atoms with Gasteiger partial charge in [-0.3, -0.25) is 14.2 Å². The van der Waals surface area contributed by atoms with Gasteiger partial charge in [-0.05, 0) is 79.2 Å². The van der Waals surface area contributed by atoms with Gasteiger partial charge in [0.2, 0.25) is 5.91 Å². The van der Waals surface area contributed by atoms with E-state index in [0.29, 0.717) is 53.9 Å². The SMILES string of the molecule is CCC(C)(C)c1ccc(OCCCCNC(=O)CCCSc2nc(C)c(Cc3cccc(Cl)c3)c(=O)n2C)c(C(C)(C)CC)c1. The minimum Gasteiger partial charge on any atom is -0.493 e. The Labute approximate surface area is 279 Å². The van der Waals surface area contributed by atoms with Crippen LogP contribution in [0.4, 0.5) is 0 Å². The molecule has 0 spiro atoms. The van der Waals surface area contributed by atoms with E-state index in [1.807, 2.05) is 31.2 Å². The molecule has 1 N–H and O–H groups in total. The van der Waals surface area contributed by atoms with E-state index in [9.17, 15) is 9.59 Å². The third-order valence-electron chi connectivity index (χ3n) is 9.01. The second-order valence-corrected chi connectivity index (χ2v) is 14.7. The topological polar surface area (TPSA) is 73.2 Å². The van der Waals surface area contributed by atoms with Gasteiger partial charge >= 0.3 is 0 Å². The number of nitrogens with zero attached hydrogens (tertiary/aromatic N) is 2. The fourth-order valence-corrected chi connectivity index (χ4v) is 6.20. The fraction of sp³-hybridized carbons (Fsp3) is 0.541. The number of hydrogen-bond acceptors (Lipinski definition) is 5. The van der Waals surface area contributed by atoms with Crippen LogP contribution in [0.1, 0.15) is 108 Å². The molecular weight excluding hydrogens is 602 g/mol. The van der Waals surface area contributed by atoms with E-state index >= 15 is 0 Å². The highest BCUT2D eigenvalue weighted by Gasteiger charge is 2.26. The van der Waals surface area contributed by atoms with Crippen LogP contribution in [0.25, 0.3) is 0 Å². The molecular formula is C37H52ClN3O3S. The summed E-state index contributed by atoms with van der Waals surface area (Å²) in [6.07, 6.45) is 5.50. The number of thioether (sulfide) groups is 1. The quantitative estimate of drug-likeness (QED) is 0.0898. The zero-order valence-corrected chi connectivity index (χ0v) is 30.1. The molecule has 0 saturated carbocycles. The Hall–Kier alpha value is -2.77. The van der Waals surface area contributed by atoms with Crippen molar-refractivity contribution in [2.75, 3.05) is 18.9 Å². The van der Waals surface area contributed by atoms with E-state index in [1.54, 1.807) is 11.6 Å². The van der Waals surface area contributed by atoms with Gasteiger partial charge in [-0.1, -0.05) is 89.2 Å². The van der Waals surface area contributed by atoms with Crippen molar-refractivity contribution in [1.29, 1.82) is 0 Å². The molecule has 1 amide bonds. The van der Waals surface area contributed by atoms with Gasteiger partial charge in [0, 0.05) is 54.0 Å². The lowest BCUT2D eigenvalue weighted by atomic mass is 9.76. The van der Waals surface area contributed by atoms with Crippen LogP contribution in [-0.2, 0) is 29.1 Å². The Bertz CT molecular complexity index is 1500. The Kier molecular flexibility index (Phi) is 13.6. The molecule has 45 heavy (non-hydrogen) atoms. The number of aryl methyl sites for hydroxylation is 1. The number of rotatable bonds is 17. The number of hydrogen-bond donors (Lipinski definition) is 1. The van der Waals surface area contributed by atoms with Gasteiger partial charge in [-0.25, -0.2) is 4.98 Å². The van der Waals surface area contributed by atoms with Gasteiger partial charge in [0.15, 0.2) is 5.16 Å². The molecule has 0 aliphatic rings. The van der Waals surface area contributed by atoms with Crippen molar-refractivity contribution < 1.29 is 9.53 Å². The number of ether oxygens (including phenoxy) is 1. The summed E-state index contributed by atoms with van der Waals surface area (Å²) in [4.78, 5) is 30.2. The molecule has 3 aromatic rings. The predicted molar refractivity (Wildman–Crippen MR) is 189 cm³/mol. The van der Waals surface area contributed by atoms with E-state index < -0.39 is 0 Å². The van der Waals surface area contributed by atoms with Crippen molar-refractivity contribution in [2.24, 2.45) is 7.05 Å². The van der Waals surface area contributed by atoms with E-state index in [2.05, 4.69) is 65.1 Å². The van der Waals surface area contributed by atoms with Crippen molar-refractivity contribution in [3.05, 3.63) is 85.8 Å². The van der Waals surface area contributed by atoms with E-state index in [-0.39, 0.29) is 22.3 Å². The maximum absolute atomic E-state index is 13.1. The lowest BCUT2D eigenvalue weighted by Crippen LogP contribution is -2.26. The van der Waals surface area contributed by atoms with Gasteiger partial charge in [0.25, 0.3) is 5.56 Å². The van der Waals surface area contributed by atoms with Gasteiger partial charge in [-0.15, -0.1) is 0 Å². The third-order valence-corrected chi connectivity index (χ3v) is 10.4. The molecule has 8 heteroatoms. The number of aromatic nitrogens is 2. The Balaban J connectivity index is 1.40. The Morgan fingerprint density at radius 1 is 1.02 bits per heavy atom. The highest BCUT2D eigenvalue weighted by Crippen LogP contribution is 2.38. The summed E-state index contributed by atoms with van der Waals surface area (Å²) >= 11 is 7.62. The predicted octanol–water partition coefficient (Wildman–Crippen LogP) is 8.56. The summed E-state index contributed by atoms with van der Waals surface area (Å²) in [5, 5.41) is 4.36. The summed E-state index contributed by atoms with van der Waals surface area (Å²) in [6.45, 7) is 16.7. The van der Waals surface area contributed by atoms with E-state index in [0.717, 1.165) is 42.7 Å². The highest BCUT2D eigenvalue weighted by molar-refractivity contribution is 7.99. The van der Waals surface area contributed by atoms with Crippen molar-refractivity contribution in [2.45, 2.75) is 109 Å². The largest absolute Gasteiger partial charge is 0.493 e. The molecule has 0 aliphatic heterocycles. The highest BCUT2D eigenvalue weighted by atomic mass is 35.5. The number of benzene rings is 2. The zero-order valence-electron chi connectivity index (χ0n) is 28.5. The molecule has 0 atom stereocenters. The molecule has 0 aliphatic carbocycles. The monoisotopic (exact) mass is 653 g/mol. The molecule has 3 rings (SSSR count). The Morgan fingerprint density at radius 3 is 2.44 bits per heavy atom. The lowest BCUT2D eigenvalue weighted by Gasteiger charge is -2.30. The van der Waals surface area contributed by atoms with E-state index in [4.69, 9.17) is 21.3 Å². The van der Waals surface area contributed by atoms with E-state index in [1.165, 1.54) is 22.9 Å². The maximum atomic E-state index is 13.1. The first-order valence-electron chi connectivity index (χ1n) is 16.3. The number of nitrogens with one attached hydrogen (secondary N) is 1. The molecule has 0 saturated heterocycles. The fourth-order valence-electron chi connectivity index (χ4n) is 5.04. The van der Waals surface area contributed by atoms with Crippen molar-refractivity contribution in [1.82, 2.24) is 14.9 Å². The number of halogens is 1. The zero-order chi connectivity index (χ0) is 33.2. The van der Waals surface area contributed by atoms with Gasteiger partial charge in [-0.2, -0.15) is 0 Å². The molecule has 0 radical (unpaired) electrons. The second-order valence-electron chi connectivity index (χ2n) is 13.2. The normalized spacial score (nSPS) is 11.9. The van der Waals surface area contributed by atoms with Gasteiger partial charge < -0.3 is 10.1 Å². The van der Waals surface area contributed by atoms with Crippen LogP contribution >= 0.6 is 23.4 Å². The summed E-state index contributed by atoms with van der Waals surface area (Å²) in [5.74, 6) is 1.73. The van der Waals surface area contributed by atoms with Crippen molar-refractivity contribution >= 4 is 29.3 Å². The number of amides is 1. The van der Waals surface area contributed by atoms with Crippen LogP contribution in [0, 0.1) is 6.92 Å². The van der Waals surface area contributed by atoms with Crippen molar-refractivity contribution in [3.63, 3.8) is 0 Å². The van der Waals surface area contributed by atoms with Crippen LogP contribution in [0.2, 0.25) is 5.02 Å². The summed E-state index contributed by atoms with van der Waals surface area (Å²) in [5.41, 5.74) is 5.13. The number of carbonyl (C=O) groups is 1. The number of carbonyl (C=O) groups excluding carboxylic acids is 1. The minimum absolute atomic E-state index is 0.0338. The maximum Gasteiger partial charge on any atom is 0.257 e. The van der Waals surface area contributed by atoms with Crippen LogP contribution in [0.5, 0.6) is 5.75 Å². The summed E-state index contributed by atoms with van der Waals surface area (Å²) < 4.78 is 7.88. The van der Waals surface area contributed by atoms with Crippen molar-refractivity contribution in [3.8, 4) is 5.75 Å². The molecule has 0 bridgehead atoms. The smallest absolute Gasteiger partial charge is 0.257 e. The van der Waals surface area contributed by atoms with Gasteiger partial charge in [0.1, 0.15) is 5.75 Å². The molecule has 246 valence electrons. The summed E-state index contributed by atoms with van der Waals surface area (Å²) in [7, 11) is 1.75. The van der Waals surface area contributed by atoms with Crippen LogP contribution in [0.3, 0.4) is 0 Å². The average Bonchev–Trinajstić information content (AvgIpc) is 3.01. The molecule has 6 nitrogen and oxygen atoms in total. The Morgan fingerprint density at radius 2 is 1.76 bits per heavy atom. The standard InChI is InChI=1S/C37H52ClN3O3S/c1-9-36(4,5)28-18-19-32(31(25-28)37(6,7)10-2)44-21-12-11-20-39-33(42)17-14-22-45-35-40-26(3)30(34(43)41(35)8)24-27-15-13-16-29(38)23-27/h13,15-16,18-19,23,25H,9-12,14,17,20-22,24H2,1-8H3,(H,39,42). The first-order valence-corrected chi connectivity index (χ1v) is 17.6. The van der Waals surface area contributed by atoms with Crippen LogP contribution in [0.15, 0.2) is 52.4 Å². The average molecular weight is 654 g/mol. The second kappa shape index (κ2) is 16.7. The lowest BCUT2D eigenvalue weighted by molar-refractivity contribution is -0.121. The first kappa shape index (κ1) is 36.7. The molecule has 0 unspecified atom stereocenters.